The summed E-state index contributed by atoms with van der Waals surface area (Å²) in [5.74, 6) is -2.86. The second-order valence-electron chi connectivity index (χ2n) is 4.77. The summed E-state index contributed by atoms with van der Waals surface area (Å²) in [4.78, 5) is 23.4. The van der Waals surface area contributed by atoms with Crippen molar-refractivity contribution in [3.63, 3.8) is 0 Å². The second kappa shape index (κ2) is 7.85. The van der Waals surface area contributed by atoms with Crippen molar-refractivity contribution in [2.75, 3.05) is 21.3 Å². The predicted octanol–water partition coefficient (Wildman–Crippen LogP) is 2.99. The van der Waals surface area contributed by atoms with Gasteiger partial charge in [0.1, 0.15) is 5.75 Å². The van der Waals surface area contributed by atoms with Crippen LogP contribution in [0, 0.1) is 5.41 Å². The van der Waals surface area contributed by atoms with E-state index < -0.39 is 30.0 Å². The Morgan fingerprint density at radius 3 is 1.88 bits per heavy atom. The average Bonchev–Trinajstić information content (AvgIpc) is 2.56. The lowest BCUT2D eigenvalue weighted by molar-refractivity contribution is -0.237. The van der Waals surface area contributed by atoms with Crippen LogP contribution in [-0.2, 0) is 19.1 Å². The summed E-state index contributed by atoms with van der Waals surface area (Å²) >= 11 is 0. The van der Waals surface area contributed by atoms with Crippen LogP contribution in [0.3, 0.4) is 0 Å². The number of hydrogen-bond acceptors (Lipinski definition) is 5. The number of carbonyl (C=O) groups is 2. The first-order chi connectivity index (χ1) is 11.2. The van der Waals surface area contributed by atoms with Gasteiger partial charge in [-0.25, -0.2) is 0 Å². The lowest BCUT2D eigenvalue weighted by atomic mass is 9.83. The molecule has 0 bridgehead atoms. The highest BCUT2D eigenvalue weighted by atomic mass is 19.4. The second-order valence-corrected chi connectivity index (χ2v) is 4.77. The van der Waals surface area contributed by atoms with Gasteiger partial charge in [0.15, 0.2) is 0 Å². The van der Waals surface area contributed by atoms with Gasteiger partial charge in [-0.3, -0.25) is 9.59 Å². The smallest absolute Gasteiger partial charge is 0.415 e. The van der Waals surface area contributed by atoms with Gasteiger partial charge in [-0.1, -0.05) is 24.3 Å². The van der Waals surface area contributed by atoms with Crippen LogP contribution in [0.4, 0.5) is 13.2 Å². The van der Waals surface area contributed by atoms with Crippen LogP contribution < -0.4 is 4.74 Å². The minimum absolute atomic E-state index is 0.571. The third-order valence-corrected chi connectivity index (χ3v) is 3.40. The molecule has 5 nitrogen and oxygen atoms in total. The zero-order chi connectivity index (χ0) is 18.4. The maximum Gasteiger partial charge on any atom is 0.415 e. The number of rotatable bonds is 6. The fraction of sp³-hybridized carbons (Fsp3) is 0.375. The third kappa shape index (κ3) is 3.87. The summed E-state index contributed by atoms with van der Waals surface area (Å²) in [5, 5.41) is 0. The van der Waals surface area contributed by atoms with E-state index in [4.69, 9.17) is 4.74 Å². The highest BCUT2D eigenvalue weighted by molar-refractivity contribution is 6.01. The number of alkyl halides is 3. The molecule has 0 saturated heterocycles. The molecule has 0 saturated carbocycles. The molecule has 0 N–H and O–H groups in total. The summed E-state index contributed by atoms with van der Waals surface area (Å²) in [7, 11) is 3.03. The van der Waals surface area contributed by atoms with Gasteiger partial charge in [0.05, 0.1) is 21.3 Å². The number of ether oxygens (including phenoxy) is 3. The van der Waals surface area contributed by atoms with Crippen molar-refractivity contribution in [1.82, 2.24) is 0 Å². The molecule has 0 aliphatic carbocycles. The van der Waals surface area contributed by atoms with E-state index in [1.165, 1.54) is 13.2 Å². The van der Waals surface area contributed by atoms with E-state index in [2.05, 4.69) is 9.47 Å². The largest absolute Gasteiger partial charge is 0.497 e. The zero-order valence-corrected chi connectivity index (χ0v) is 13.3. The van der Waals surface area contributed by atoms with E-state index in [0.29, 0.717) is 11.3 Å². The van der Waals surface area contributed by atoms with Crippen molar-refractivity contribution < 1.29 is 37.0 Å². The molecule has 0 fully saturated rings. The molecule has 1 aromatic carbocycles. The van der Waals surface area contributed by atoms with Gasteiger partial charge >= 0.3 is 18.1 Å². The SMILES string of the molecule is COC(=O)C(C/C=C/c1ccc(OC)cc1)(C(=O)OC)C(F)(F)F. The summed E-state index contributed by atoms with van der Waals surface area (Å²) in [6.07, 6.45) is -3.69. The van der Waals surface area contributed by atoms with Crippen molar-refractivity contribution in [2.24, 2.45) is 5.41 Å². The van der Waals surface area contributed by atoms with Crippen LogP contribution in [-0.4, -0.2) is 39.4 Å². The normalized spacial score (nSPS) is 12.1. The number of benzene rings is 1. The first-order valence-electron chi connectivity index (χ1n) is 6.77. The molecule has 1 rings (SSSR count). The average molecular weight is 346 g/mol. The maximum atomic E-state index is 13.4. The minimum Gasteiger partial charge on any atom is -0.497 e. The van der Waals surface area contributed by atoms with E-state index in [-0.39, 0.29) is 0 Å². The Morgan fingerprint density at radius 2 is 1.50 bits per heavy atom. The number of carbonyl (C=O) groups excluding carboxylic acids is 2. The van der Waals surface area contributed by atoms with Crippen LogP contribution in [0.25, 0.3) is 6.08 Å². The van der Waals surface area contributed by atoms with E-state index in [0.717, 1.165) is 20.3 Å². The lowest BCUT2D eigenvalue weighted by Crippen LogP contribution is -2.52. The summed E-state index contributed by atoms with van der Waals surface area (Å²) in [5.41, 5.74) is -2.83. The van der Waals surface area contributed by atoms with Gasteiger partial charge in [0, 0.05) is 6.42 Å². The molecule has 24 heavy (non-hydrogen) atoms. The van der Waals surface area contributed by atoms with Gasteiger partial charge in [-0.2, -0.15) is 13.2 Å². The van der Waals surface area contributed by atoms with Crippen molar-refractivity contribution in [1.29, 1.82) is 0 Å². The van der Waals surface area contributed by atoms with Crippen LogP contribution in [0.2, 0.25) is 0 Å². The molecule has 0 unspecified atom stereocenters. The summed E-state index contributed by atoms with van der Waals surface area (Å²) in [6.45, 7) is 0. The van der Waals surface area contributed by atoms with Gasteiger partial charge in [-0.15, -0.1) is 0 Å². The number of halogens is 3. The van der Waals surface area contributed by atoms with Gasteiger partial charge in [-0.05, 0) is 17.7 Å². The molecule has 1 aromatic rings. The summed E-state index contributed by atoms with van der Waals surface area (Å²) < 4.78 is 53.6. The van der Waals surface area contributed by atoms with Crippen LogP contribution in [0.1, 0.15) is 12.0 Å². The Hall–Kier alpha value is -2.51. The fourth-order valence-electron chi connectivity index (χ4n) is 2.03. The highest BCUT2D eigenvalue weighted by Crippen LogP contribution is 2.44. The molecule has 0 radical (unpaired) electrons. The van der Waals surface area contributed by atoms with E-state index in [1.807, 2.05) is 0 Å². The molecule has 0 aliphatic heterocycles. The van der Waals surface area contributed by atoms with Crippen LogP contribution in [0.15, 0.2) is 30.3 Å². The molecular formula is C16H17F3O5. The highest BCUT2D eigenvalue weighted by Gasteiger charge is 2.67. The van der Waals surface area contributed by atoms with Crippen LogP contribution >= 0.6 is 0 Å². The zero-order valence-electron chi connectivity index (χ0n) is 13.3. The molecule has 0 aromatic heterocycles. The lowest BCUT2D eigenvalue weighted by Gasteiger charge is -2.29. The van der Waals surface area contributed by atoms with E-state index in [9.17, 15) is 22.8 Å². The molecule has 8 heteroatoms. The topological polar surface area (TPSA) is 61.8 Å². The number of esters is 2. The minimum atomic E-state index is -5.17. The number of allylic oxidation sites excluding steroid dienone is 1. The Bertz CT molecular complexity index is 589. The predicted molar refractivity (Wildman–Crippen MR) is 79.2 cm³/mol. The van der Waals surface area contributed by atoms with Crippen LogP contribution in [0.5, 0.6) is 5.75 Å². The van der Waals surface area contributed by atoms with Gasteiger partial charge < -0.3 is 14.2 Å². The summed E-state index contributed by atoms with van der Waals surface area (Å²) in [6, 6.07) is 6.47. The molecule has 0 aliphatic rings. The Balaban J connectivity index is 3.14. The molecule has 0 spiro atoms. The number of hydrogen-bond donors (Lipinski definition) is 0. The fourth-order valence-corrected chi connectivity index (χ4v) is 2.03. The quantitative estimate of drug-likeness (QED) is 0.585. The van der Waals surface area contributed by atoms with E-state index >= 15 is 0 Å². The third-order valence-electron chi connectivity index (χ3n) is 3.40. The first kappa shape index (κ1) is 19.5. The molecular weight excluding hydrogens is 329 g/mol. The van der Waals surface area contributed by atoms with Crippen molar-refractivity contribution in [2.45, 2.75) is 12.6 Å². The first-order valence-corrected chi connectivity index (χ1v) is 6.77. The Labute approximate surface area is 137 Å². The maximum absolute atomic E-state index is 13.4. The molecule has 132 valence electrons. The Kier molecular flexibility index (Phi) is 6.39. The number of methoxy groups -OCH3 is 3. The van der Waals surface area contributed by atoms with Crippen molar-refractivity contribution in [3.05, 3.63) is 35.9 Å². The van der Waals surface area contributed by atoms with Crippen molar-refractivity contribution in [3.8, 4) is 5.75 Å². The standard InChI is InChI=1S/C16H17F3O5/c1-22-12-8-6-11(7-9-12)5-4-10-15(13(20)23-2,14(21)24-3)16(17,18)19/h4-9H,10H2,1-3H3/b5-4+. The Morgan fingerprint density at radius 1 is 1.00 bits per heavy atom. The molecule has 0 atom stereocenters. The van der Waals surface area contributed by atoms with Gasteiger partial charge in [0.2, 0.25) is 0 Å². The van der Waals surface area contributed by atoms with Crippen molar-refractivity contribution >= 4 is 18.0 Å². The monoisotopic (exact) mass is 346 g/mol. The van der Waals surface area contributed by atoms with Gasteiger partial charge in [0.25, 0.3) is 5.41 Å². The molecule has 0 amide bonds. The molecule has 0 heterocycles. The van der Waals surface area contributed by atoms with E-state index in [1.54, 1.807) is 24.3 Å².